The van der Waals surface area contributed by atoms with Crippen LogP contribution in [0.4, 0.5) is 11.5 Å². The number of carbonyl (C=O) groups is 1. The van der Waals surface area contributed by atoms with Crippen LogP contribution in [0.2, 0.25) is 0 Å². The number of carbonyl (C=O) groups excluding carboxylic acids is 1. The van der Waals surface area contributed by atoms with E-state index in [1.54, 1.807) is 18.2 Å². The molecule has 2 aromatic carbocycles. The normalized spacial score (nSPS) is 11.0. The minimum Gasteiger partial charge on any atom is -0.465 e. The van der Waals surface area contributed by atoms with Crippen molar-refractivity contribution in [3.05, 3.63) is 59.9 Å². The Balaban J connectivity index is 1.83. The smallest absolute Gasteiger partial charge is 0.337 e. The second kappa shape index (κ2) is 5.90. The van der Waals surface area contributed by atoms with Crippen molar-refractivity contribution in [1.29, 1.82) is 0 Å². The molecular weight excluding hydrogens is 318 g/mol. The van der Waals surface area contributed by atoms with E-state index in [0.29, 0.717) is 28.5 Å². The Hall–Kier alpha value is -3.41. The van der Waals surface area contributed by atoms with Gasteiger partial charge in [-0.2, -0.15) is 0 Å². The molecule has 0 bridgehead atoms. The average Bonchev–Trinajstić information content (AvgIpc) is 3.00. The van der Waals surface area contributed by atoms with E-state index in [2.05, 4.69) is 15.3 Å². The summed E-state index contributed by atoms with van der Waals surface area (Å²) in [6, 6.07) is 14.7. The molecule has 0 unspecified atom stereocenters. The lowest BCUT2D eigenvalue weighted by Gasteiger charge is -2.08. The predicted molar refractivity (Wildman–Crippen MR) is 95.1 cm³/mol. The molecule has 0 aliphatic rings. The molecule has 0 saturated carbocycles. The Bertz CT molecular complexity index is 1100. The number of benzene rings is 2. The van der Waals surface area contributed by atoms with Crippen molar-refractivity contribution in [3.8, 4) is 0 Å². The molecular formula is C19H15N3O3. The molecule has 0 radical (unpaired) electrons. The lowest BCUT2D eigenvalue weighted by Crippen LogP contribution is -2.03. The molecule has 4 rings (SSSR count). The number of anilines is 2. The third-order valence-electron chi connectivity index (χ3n) is 3.88. The van der Waals surface area contributed by atoms with E-state index in [4.69, 9.17) is 9.15 Å². The summed E-state index contributed by atoms with van der Waals surface area (Å²) in [6.45, 7) is 1.83. The van der Waals surface area contributed by atoms with Crippen molar-refractivity contribution in [2.75, 3.05) is 12.4 Å². The molecule has 1 N–H and O–H groups in total. The van der Waals surface area contributed by atoms with Crippen LogP contribution in [0.25, 0.3) is 22.1 Å². The molecule has 0 aliphatic heterocycles. The van der Waals surface area contributed by atoms with Crippen LogP contribution >= 0.6 is 0 Å². The van der Waals surface area contributed by atoms with Crippen LogP contribution in [-0.2, 0) is 4.74 Å². The SMILES string of the molecule is COC(=O)c1cccc(Nc2nc(C)nc3c2oc2ccccc23)c1. The Labute approximate surface area is 143 Å². The fourth-order valence-corrected chi connectivity index (χ4v) is 2.77. The summed E-state index contributed by atoms with van der Waals surface area (Å²) in [5, 5.41) is 4.15. The van der Waals surface area contributed by atoms with Crippen LogP contribution < -0.4 is 5.32 Å². The average molecular weight is 333 g/mol. The number of hydrogen-bond donors (Lipinski definition) is 1. The number of para-hydroxylation sites is 1. The Kier molecular flexibility index (Phi) is 3.57. The summed E-state index contributed by atoms with van der Waals surface area (Å²) < 4.78 is 10.7. The summed E-state index contributed by atoms with van der Waals surface area (Å²) in [6.07, 6.45) is 0. The lowest BCUT2D eigenvalue weighted by atomic mass is 10.2. The van der Waals surface area contributed by atoms with Crippen LogP contribution in [0.3, 0.4) is 0 Å². The highest BCUT2D eigenvalue weighted by Crippen LogP contribution is 2.32. The molecule has 0 amide bonds. The van der Waals surface area contributed by atoms with E-state index >= 15 is 0 Å². The Morgan fingerprint density at radius 1 is 1.12 bits per heavy atom. The first-order valence-electron chi connectivity index (χ1n) is 7.77. The van der Waals surface area contributed by atoms with Gasteiger partial charge in [-0.15, -0.1) is 0 Å². The molecule has 25 heavy (non-hydrogen) atoms. The molecule has 6 nitrogen and oxygen atoms in total. The molecule has 4 aromatic rings. The number of fused-ring (bicyclic) bond motifs is 3. The minimum absolute atomic E-state index is 0.392. The maximum absolute atomic E-state index is 11.7. The number of ether oxygens (including phenoxy) is 1. The summed E-state index contributed by atoms with van der Waals surface area (Å²) in [5.74, 6) is 0.794. The molecule has 6 heteroatoms. The lowest BCUT2D eigenvalue weighted by molar-refractivity contribution is 0.0601. The van der Waals surface area contributed by atoms with E-state index in [1.807, 2.05) is 37.3 Å². The van der Waals surface area contributed by atoms with E-state index < -0.39 is 5.97 Å². The van der Waals surface area contributed by atoms with E-state index in [1.165, 1.54) is 7.11 Å². The second-order valence-corrected chi connectivity index (χ2v) is 5.59. The number of nitrogens with zero attached hydrogens (tertiary/aromatic N) is 2. The molecule has 0 fully saturated rings. The van der Waals surface area contributed by atoms with Crippen LogP contribution in [0.15, 0.2) is 52.9 Å². The molecule has 0 atom stereocenters. The summed E-state index contributed by atoms with van der Waals surface area (Å²) >= 11 is 0. The van der Waals surface area contributed by atoms with Gasteiger partial charge in [0.2, 0.25) is 0 Å². The van der Waals surface area contributed by atoms with Gasteiger partial charge in [0.05, 0.1) is 12.7 Å². The molecule has 2 aromatic heterocycles. The van der Waals surface area contributed by atoms with Gasteiger partial charge in [0.1, 0.15) is 16.9 Å². The second-order valence-electron chi connectivity index (χ2n) is 5.59. The first kappa shape index (κ1) is 15.1. The Morgan fingerprint density at radius 3 is 2.80 bits per heavy atom. The van der Waals surface area contributed by atoms with E-state index in [9.17, 15) is 4.79 Å². The van der Waals surface area contributed by atoms with Gasteiger partial charge in [0.25, 0.3) is 0 Å². The van der Waals surface area contributed by atoms with Gasteiger partial charge in [-0.1, -0.05) is 18.2 Å². The molecule has 2 heterocycles. The standard InChI is InChI=1S/C19H15N3O3/c1-11-20-16-14-8-3-4-9-15(14)25-17(16)18(21-11)22-13-7-5-6-12(10-13)19(23)24-2/h3-10H,1-2H3,(H,20,21,22). The fourth-order valence-electron chi connectivity index (χ4n) is 2.77. The monoisotopic (exact) mass is 333 g/mol. The summed E-state index contributed by atoms with van der Waals surface area (Å²) in [7, 11) is 1.36. The first-order valence-corrected chi connectivity index (χ1v) is 7.77. The van der Waals surface area contributed by atoms with Crippen molar-refractivity contribution in [2.24, 2.45) is 0 Å². The number of aromatic nitrogens is 2. The van der Waals surface area contributed by atoms with Gasteiger partial charge in [-0.25, -0.2) is 14.8 Å². The largest absolute Gasteiger partial charge is 0.465 e. The third-order valence-corrected chi connectivity index (χ3v) is 3.88. The predicted octanol–water partition coefficient (Wildman–Crippen LogP) is 4.21. The number of aryl methyl sites for hydroxylation is 1. The van der Waals surface area contributed by atoms with Gasteiger partial charge in [0, 0.05) is 11.1 Å². The molecule has 0 aliphatic carbocycles. The highest BCUT2D eigenvalue weighted by Gasteiger charge is 2.15. The quantitative estimate of drug-likeness (QED) is 0.566. The topological polar surface area (TPSA) is 77.2 Å². The highest BCUT2D eigenvalue weighted by molar-refractivity contribution is 6.06. The third kappa shape index (κ3) is 2.67. The number of esters is 1. The summed E-state index contributed by atoms with van der Waals surface area (Å²) in [5.41, 5.74) is 3.26. The van der Waals surface area contributed by atoms with Gasteiger partial charge in [-0.05, 0) is 37.3 Å². The molecule has 0 saturated heterocycles. The fraction of sp³-hybridized carbons (Fsp3) is 0.105. The zero-order valence-corrected chi connectivity index (χ0v) is 13.7. The van der Waals surface area contributed by atoms with Crippen molar-refractivity contribution in [2.45, 2.75) is 6.92 Å². The summed E-state index contributed by atoms with van der Waals surface area (Å²) in [4.78, 5) is 20.7. The van der Waals surface area contributed by atoms with Crippen molar-refractivity contribution in [1.82, 2.24) is 9.97 Å². The van der Waals surface area contributed by atoms with Gasteiger partial charge in [0.15, 0.2) is 11.4 Å². The number of methoxy groups -OCH3 is 1. The Morgan fingerprint density at radius 2 is 1.96 bits per heavy atom. The number of rotatable bonds is 3. The van der Waals surface area contributed by atoms with E-state index in [0.717, 1.165) is 16.5 Å². The van der Waals surface area contributed by atoms with Gasteiger partial charge >= 0.3 is 5.97 Å². The van der Waals surface area contributed by atoms with Crippen molar-refractivity contribution >= 4 is 39.5 Å². The van der Waals surface area contributed by atoms with E-state index in [-0.39, 0.29) is 0 Å². The van der Waals surface area contributed by atoms with Crippen LogP contribution in [-0.4, -0.2) is 23.0 Å². The van der Waals surface area contributed by atoms with Crippen LogP contribution in [0.5, 0.6) is 0 Å². The zero-order chi connectivity index (χ0) is 17.4. The molecule has 124 valence electrons. The van der Waals surface area contributed by atoms with Gasteiger partial charge in [-0.3, -0.25) is 0 Å². The molecule has 0 spiro atoms. The number of hydrogen-bond acceptors (Lipinski definition) is 6. The number of nitrogens with one attached hydrogen (secondary N) is 1. The highest BCUT2D eigenvalue weighted by atomic mass is 16.5. The first-order chi connectivity index (χ1) is 12.2. The van der Waals surface area contributed by atoms with Gasteiger partial charge < -0.3 is 14.5 Å². The van der Waals surface area contributed by atoms with Crippen LogP contribution in [0, 0.1) is 6.92 Å². The number of furan rings is 1. The minimum atomic E-state index is -0.392. The zero-order valence-electron chi connectivity index (χ0n) is 13.7. The maximum Gasteiger partial charge on any atom is 0.337 e. The van der Waals surface area contributed by atoms with Crippen molar-refractivity contribution < 1.29 is 13.9 Å². The van der Waals surface area contributed by atoms with Crippen molar-refractivity contribution in [3.63, 3.8) is 0 Å². The maximum atomic E-state index is 11.7. The van der Waals surface area contributed by atoms with Crippen LogP contribution in [0.1, 0.15) is 16.2 Å².